The Hall–Kier alpha value is -4.00. The molecule has 36 heavy (non-hydrogen) atoms. The summed E-state index contributed by atoms with van der Waals surface area (Å²) in [5, 5.41) is 11.2. The molecule has 2 aromatic rings. The van der Waals surface area contributed by atoms with Crippen molar-refractivity contribution in [3.05, 3.63) is 35.5 Å². The van der Waals surface area contributed by atoms with Gasteiger partial charge in [-0.3, -0.25) is 9.59 Å². The number of rotatable bonds is 5. The van der Waals surface area contributed by atoms with Crippen LogP contribution in [0.15, 0.2) is 24.3 Å². The van der Waals surface area contributed by atoms with Gasteiger partial charge in [0.2, 0.25) is 5.95 Å². The highest BCUT2D eigenvalue weighted by molar-refractivity contribution is 5.97. The zero-order valence-electron chi connectivity index (χ0n) is 20.6. The van der Waals surface area contributed by atoms with Crippen molar-refractivity contribution in [2.45, 2.75) is 19.3 Å². The van der Waals surface area contributed by atoms with E-state index in [2.05, 4.69) is 25.4 Å². The van der Waals surface area contributed by atoms with Crippen LogP contribution >= 0.6 is 0 Å². The molecule has 2 saturated heterocycles. The summed E-state index contributed by atoms with van der Waals surface area (Å²) >= 11 is 0. The molecule has 0 saturated carbocycles. The lowest BCUT2D eigenvalue weighted by Crippen LogP contribution is -2.40. The average Bonchev–Trinajstić information content (AvgIpc) is 2.90. The molecule has 2 aliphatic heterocycles. The van der Waals surface area contributed by atoms with Crippen LogP contribution in [0.4, 0.5) is 22.2 Å². The molecule has 2 fully saturated rings. The molecule has 13 heteroatoms. The molecule has 0 bridgehead atoms. The minimum Gasteiger partial charge on any atom is -0.378 e. The smallest absolute Gasteiger partial charge is 0.314 e. The predicted octanol–water partition coefficient (Wildman–Crippen LogP) is 0.804. The summed E-state index contributed by atoms with van der Waals surface area (Å²) in [7, 11) is 3.20. The van der Waals surface area contributed by atoms with E-state index in [1.165, 1.54) is 11.3 Å². The quantitative estimate of drug-likeness (QED) is 0.538. The first kappa shape index (κ1) is 26.6. The molecular formula is C23H33N9O4. The molecule has 1 aromatic heterocycles. The number of ether oxygens (including phenoxy) is 1. The SMILES string of the molecule is CN(C)C(N)=O.NC(=O)c1nnc(N2CCCCC2)nc1Nc1ccc(C(=O)N2CCOCC2)cc1. The van der Waals surface area contributed by atoms with Crippen LogP contribution in [0.5, 0.6) is 0 Å². The predicted molar refractivity (Wildman–Crippen MR) is 134 cm³/mol. The first-order valence-electron chi connectivity index (χ1n) is 11.8. The van der Waals surface area contributed by atoms with Crippen molar-refractivity contribution >= 4 is 35.3 Å². The van der Waals surface area contributed by atoms with Gasteiger partial charge in [0, 0.05) is 51.5 Å². The normalized spacial score (nSPS) is 15.4. The molecular weight excluding hydrogens is 466 g/mol. The average molecular weight is 500 g/mol. The Balaban J connectivity index is 0.000000538. The summed E-state index contributed by atoms with van der Waals surface area (Å²) in [6.45, 7) is 4.01. The third-order valence-corrected chi connectivity index (χ3v) is 5.68. The second-order valence-corrected chi connectivity index (χ2v) is 8.56. The highest BCUT2D eigenvalue weighted by Crippen LogP contribution is 2.22. The lowest BCUT2D eigenvalue weighted by molar-refractivity contribution is 0.0303. The van der Waals surface area contributed by atoms with Crippen LogP contribution in [-0.4, -0.2) is 96.3 Å². The molecule has 4 amide bonds. The summed E-state index contributed by atoms with van der Waals surface area (Å²) in [6, 6.07) is 6.60. The molecule has 0 atom stereocenters. The summed E-state index contributed by atoms with van der Waals surface area (Å²) in [6.07, 6.45) is 3.33. The second kappa shape index (κ2) is 12.6. The van der Waals surface area contributed by atoms with E-state index in [4.69, 9.17) is 16.2 Å². The third kappa shape index (κ3) is 7.25. The maximum absolute atomic E-state index is 12.6. The molecule has 0 spiro atoms. The zero-order valence-corrected chi connectivity index (χ0v) is 20.6. The van der Waals surface area contributed by atoms with Crippen LogP contribution in [-0.2, 0) is 4.74 Å². The van der Waals surface area contributed by atoms with E-state index in [0.717, 1.165) is 25.9 Å². The van der Waals surface area contributed by atoms with E-state index < -0.39 is 11.9 Å². The summed E-state index contributed by atoms with van der Waals surface area (Å²) in [4.78, 5) is 43.8. The number of morpholine rings is 1. The van der Waals surface area contributed by atoms with Crippen molar-refractivity contribution in [3.63, 3.8) is 0 Å². The molecule has 194 valence electrons. The number of piperidine rings is 1. The van der Waals surface area contributed by atoms with Gasteiger partial charge in [-0.05, 0) is 43.5 Å². The Morgan fingerprint density at radius 2 is 1.56 bits per heavy atom. The minimum absolute atomic E-state index is 0.0239. The van der Waals surface area contributed by atoms with Gasteiger partial charge in [-0.25, -0.2) is 4.79 Å². The van der Waals surface area contributed by atoms with Gasteiger partial charge >= 0.3 is 6.03 Å². The Labute approximate surface area is 209 Å². The fraction of sp³-hybridized carbons (Fsp3) is 0.478. The number of hydrogen-bond acceptors (Lipinski definition) is 9. The van der Waals surface area contributed by atoms with E-state index in [1.807, 2.05) is 0 Å². The van der Waals surface area contributed by atoms with Crippen molar-refractivity contribution in [3.8, 4) is 0 Å². The monoisotopic (exact) mass is 499 g/mol. The molecule has 1 aromatic carbocycles. The maximum atomic E-state index is 12.6. The van der Waals surface area contributed by atoms with E-state index in [-0.39, 0.29) is 17.4 Å². The first-order valence-corrected chi connectivity index (χ1v) is 11.8. The number of aromatic nitrogens is 3. The van der Waals surface area contributed by atoms with Gasteiger partial charge in [0.1, 0.15) is 0 Å². The summed E-state index contributed by atoms with van der Waals surface area (Å²) < 4.78 is 5.29. The zero-order chi connectivity index (χ0) is 26.1. The number of amides is 4. The van der Waals surface area contributed by atoms with Gasteiger partial charge in [-0.2, -0.15) is 4.98 Å². The van der Waals surface area contributed by atoms with Crippen LogP contribution in [0, 0.1) is 0 Å². The molecule has 13 nitrogen and oxygen atoms in total. The van der Waals surface area contributed by atoms with E-state index in [9.17, 15) is 14.4 Å². The van der Waals surface area contributed by atoms with Crippen LogP contribution in [0.1, 0.15) is 40.1 Å². The molecule has 4 rings (SSSR count). The number of hydrogen-bond donors (Lipinski definition) is 3. The number of carbonyl (C=O) groups is 3. The van der Waals surface area contributed by atoms with Gasteiger partial charge in [0.15, 0.2) is 11.5 Å². The minimum atomic E-state index is -0.707. The standard InChI is InChI=1S/C20H25N7O3.C3H8N2O/c21-17(28)16-18(23-20(25-24-16)27-8-2-1-3-9-27)22-15-6-4-14(5-7-15)19(29)26-10-12-30-13-11-26;1-5(2)3(4)6/h4-7H,1-3,8-13H2,(H2,21,28)(H,22,23,25);1-2H3,(H2,4,6). The van der Waals surface area contributed by atoms with Crippen molar-refractivity contribution < 1.29 is 19.1 Å². The van der Waals surface area contributed by atoms with Crippen molar-refractivity contribution in [1.29, 1.82) is 0 Å². The van der Waals surface area contributed by atoms with Gasteiger partial charge in [0.05, 0.1) is 13.2 Å². The van der Waals surface area contributed by atoms with Gasteiger partial charge in [-0.15, -0.1) is 10.2 Å². The number of nitrogens with one attached hydrogen (secondary N) is 1. The first-order chi connectivity index (χ1) is 17.3. The molecule has 0 radical (unpaired) electrons. The van der Waals surface area contributed by atoms with Crippen LogP contribution in [0.2, 0.25) is 0 Å². The number of nitrogens with zero attached hydrogens (tertiary/aromatic N) is 6. The van der Waals surface area contributed by atoms with Crippen LogP contribution < -0.4 is 21.7 Å². The highest BCUT2D eigenvalue weighted by atomic mass is 16.5. The molecule has 3 heterocycles. The Kier molecular flexibility index (Phi) is 9.33. The summed E-state index contributed by atoms with van der Waals surface area (Å²) in [5.74, 6) is -0.00721. The van der Waals surface area contributed by atoms with Crippen molar-refractivity contribution in [2.24, 2.45) is 11.5 Å². The fourth-order valence-corrected chi connectivity index (χ4v) is 3.58. The highest BCUT2D eigenvalue weighted by Gasteiger charge is 2.21. The Morgan fingerprint density at radius 3 is 2.11 bits per heavy atom. The number of carbonyl (C=O) groups excluding carboxylic acids is 3. The van der Waals surface area contributed by atoms with E-state index in [0.29, 0.717) is 43.5 Å². The lowest BCUT2D eigenvalue weighted by Gasteiger charge is -2.27. The largest absolute Gasteiger partial charge is 0.378 e. The Bertz CT molecular complexity index is 1050. The van der Waals surface area contributed by atoms with Crippen LogP contribution in [0.3, 0.4) is 0 Å². The van der Waals surface area contributed by atoms with Gasteiger partial charge < -0.3 is 36.2 Å². The third-order valence-electron chi connectivity index (χ3n) is 5.68. The van der Waals surface area contributed by atoms with Gasteiger partial charge in [-0.1, -0.05) is 0 Å². The summed E-state index contributed by atoms with van der Waals surface area (Å²) in [5.41, 5.74) is 11.4. The molecule has 5 N–H and O–H groups in total. The van der Waals surface area contributed by atoms with Crippen LogP contribution in [0.25, 0.3) is 0 Å². The Morgan fingerprint density at radius 1 is 0.944 bits per heavy atom. The topological polar surface area (TPSA) is 173 Å². The van der Waals surface area contributed by atoms with Gasteiger partial charge in [0.25, 0.3) is 11.8 Å². The number of anilines is 3. The fourth-order valence-electron chi connectivity index (χ4n) is 3.58. The number of primary amides is 2. The molecule has 2 aliphatic rings. The van der Waals surface area contributed by atoms with E-state index in [1.54, 1.807) is 43.3 Å². The lowest BCUT2D eigenvalue weighted by atomic mass is 10.1. The maximum Gasteiger partial charge on any atom is 0.314 e. The van der Waals surface area contributed by atoms with E-state index >= 15 is 0 Å². The molecule has 0 aliphatic carbocycles. The number of urea groups is 1. The van der Waals surface area contributed by atoms with Crippen molar-refractivity contribution in [1.82, 2.24) is 25.0 Å². The number of benzene rings is 1. The second-order valence-electron chi connectivity index (χ2n) is 8.56. The number of nitrogens with two attached hydrogens (primary N) is 2. The molecule has 0 unspecified atom stereocenters. The van der Waals surface area contributed by atoms with Crippen molar-refractivity contribution in [2.75, 3.05) is 63.7 Å².